The third-order valence-corrected chi connectivity index (χ3v) is 5.93. The quantitative estimate of drug-likeness (QED) is 0.382. The topological polar surface area (TPSA) is 89.4 Å². The van der Waals surface area contributed by atoms with E-state index in [-0.39, 0.29) is 19.0 Å². The van der Waals surface area contributed by atoms with Gasteiger partial charge in [-0.25, -0.2) is 9.07 Å². The molecular weight excluding hydrogens is 445 g/mol. The van der Waals surface area contributed by atoms with E-state index < -0.39 is 17.8 Å². The molecule has 0 saturated heterocycles. The number of methoxy groups -OCH3 is 1. The normalized spacial score (nSPS) is 11.9. The maximum absolute atomic E-state index is 13.7. The van der Waals surface area contributed by atoms with Crippen molar-refractivity contribution in [3.63, 3.8) is 0 Å². The third-order valence-electron chi connectivity index (χ3n) is 5.00. The molecule has 0 spiro atoms. The van der Waals surface area contributed by atoms with Gasteiger partial charge in [-0.2, -0.15) is 0 Å². The monoisotopic (exact) mass is 467 g/mol. The lowest BCUT2D eigenvalue weighted by molar-refractivity contribution is -0.127. The molecule has 8 nitrogen and oxygen atoms in total. The summed E-state index contributed by atoms with van der Waals surface area (Å²) in [6.45, 7) is 0.472. The second kappa shape index (κ2) is 10.3. The van der Waals surface area contributed by atoms with Crippen molar-refractivity contribution >= 4 is 39.9 Å². The van der Waals surface area contributed by atoms with Crippen LogP contribution >= 0.6 is 11.3 Å². The van der Waals surface area contributed by atoms with Crippen LogP contribution in [0.15, 0.2) is 66.0 Å². The van der Waals surface area contributed by atoms with Crippen LogP contribution < -0.4 is 10.2 Å². The largest absolute Gasteiger partial charge is 0.383 e. The number of thiophene rings is 1. The van der Waals surface area contributed by atoms with E-state index in [1.54, 1.807) is 19.2 Å². The number of nitrogens with zero attached hydrogens (tertiary/aromatic N) is 4. The van der Waals surface area contributed by atoms with Crippen LogP contribution in [0, 0.1) is 5.82 Å². The van der Waals surface area contributed by atoms with E-state index in [9.17, 15) is 14.0 Å². The molecule has 4 aromatic rings. The van der Waals surface area contributed by atoms with E-state index in [2.05, 4.69) is 15.6 Å². The molecular formula is C23H22FN5O3S. The molecule has 1 atom stereocenters. The zero-order chi connectivity index (χ0) is 23.2. The summed E-state index contributed by atoms with van der Waals surface area (Å²) in [5.41, 5.74) is 1.75. The Hall–Kier alpha value is -3.63. The summed E-state index contributed by atoms with van der Waals surface area (Å²) in [5, 5.41) is 12.8. The van der Waals surface area contributed by atoms with Crippen LogP contribution in [-0.4, -0.2) is 47.1 Å². The number of amides is 2. The summed E-state index contributed by atoms with van der Waals surface area (Å²) < 4.78 is 20.2. The molecule has 0 fully saturated rings. The van der Waals surface area contributed by atoms with E-state index >= 15 is 0 Å². The SMILES string of the molecule is COCCNC(=O)[C@H](c1cccs1)N(C(=O)Cn1nnc2ccccc21)c1ccc(F)cc1. The number of halogens is 1. The van der Waals surface area contributed by atoms with Crippen molar-refractivity contribution in [2.45, 2.75) is 12.6 Å². The number of hydrogen-bond donors (Lipinski definition) is 1. The summed E-state index contributed by atoms with van der Waals surface area (Å²) in [6, 6.07) is 15.4. The van der Waals surface area contributed by atoms with Crippen molar-refractivity contribution in [2.75, 3.05) is 25.2 Å². The number of para-hydroxylation sites is 1. The van der Waals surface area contributed by atoms with Crippen molar-refractivity contribution in [3.8, 4) is 0 Å². The van der Waals surface area contributed by atoms with E-state index in [0.29, 0.717) is 28.2 Å². The number of anilines is 1. The summed E-state index contributed by atoms with van der Waals surface area (Å²) in [6.07, 6.45) is 0. The molecule has 0 radical (unpaired) electrons. The minimum atomic E-state index is -0.949. The molecule has 10 heteroatoms. The predicted octanol–water partition coefficient (Wildman–Crippen LogP) is 3.17. The Morgan fingerprint density at radius 1 is 1.15 bits per heavy atom. The Bertz CT molecular complexity index is 1230. The Labute approximate surface area is 193 Å². The van der Waals surface area contributed by atoms with E-state index in [1.807, 2.05) is 29.6 Å². The lowest BCUT2D eigenvalue weighted by Crippen LogP contribution is -2.45. The molecule has 4 rings (SSSR count). The van der Waals surface area contributed by atoms with E-state index in [1.165, 1.54) is 45.2 Å². The van der Waals surface area contributed by atoms with Gasteiger partial charge in [0.2, 0.25) is 11.8 Å². The highest BCUT2D eigenvalue weighted by molar-refractivity contribution is 7.10. The van der Waals surface area contributed by atoms with Crippen LogP contribution in [0.25, 0.3) is 11.0 Å². The van der Waals surface area contributed by atoms with Gasteiger partial charge in [0.25, 0.3) is 0 Å². The second-order valence-electron chi connectivity index (χ2n) is 7.18. The lowest BCUT2D eigenvalue weighted by atomic mass is 10.1. The minimum absolute atomic E-state index is 0.148. The molecule has 0 saturated carbocycles. The standard InChI is InChI=1S/C23H22FN5O3S/c1-32-13-12-25-23(31)22(20-7-4-14-33-20)29(17-10-8-16(24)9-11-17)21(30)15-28-19-6-3-2-5-18(19)26-27-28/h2-11,14,22H,12-13,15H2,1H3,(H,25,31)/t22-/m0/s1. The van der Waals surface area contributed by atoms with Crippen LogP contribution in [0.5, 0.6) is 0 Å². The molecule has 2 amide bonds. The van der Waals surface area contributed by atoms with Gasteiger partial charge in [0.1, 0.15) is 23.9 Å². The number of aromatic nitrogens is 3. The highest BCUT2D eigenvalue weighted by atomic mass is 32.1. The number of rotatable bonds is 9. The summed E-state index contributed by atoms with van der Waals surface area (Å²) in [4.78, 5) is 29.0. The highest BCUT2D eigenvalue weighted by Gasteiger charge is 2.34. The molecule has 0 aliphatic heterocycles. The van der Waals surface area contributed by atoms with Gasteiger partial charge >= 0.3 is 0 Å². The van der Waals surface area contributed by atoms with Crippen molar-refractivity contribution in [2.24, 2.45) is 0 Å². The second-order valence-corrected chi connectivity index (χ2v) is 8.16. The summed E-state index contributed by atoms with van der Waals surface area (Å²) >= 11 is 1.36. The molecule has 170 valence electrons. The Kier molecular flexibility index (Phi) is 7.06. The number of nitrogens with one attached hydrogen (secondary N) is 1. The molecule has 2 aromatic carbocycles. The maximum Gasteiger partial charge on any atom is 0.249 e. The number of carbonyl (C=O) groups is 2. The fourth-order valence-corrected chi connectivity index (χ4v) is 4.28. The van der Waals surface area contributed by atoms with Gasteiger partial charge in [-0.15, -0.1) is 16.4 Å². The van der Waals surface area contributed by atoms with Gasteiger partial charge in [-0.3, -0.25) is 14.5 Å². The Balaban J connectivity index is 1.73. The number of ether oxygens (including phenoxy) is 1. The van der Waals surface area contributed by atoms with Crippen molar-refractivity contribution in [1.82, 2.24) is 20.3 Å². The first kappa shape index (κ1) is 22.6. The molecule has 33 heavy (non-hydrogen) atoms. The van der Waals surface area contributed by atoms with Gasteiger partial charge in [0.05, 0.1) is 12.1 Å². The number of hydrogen-bond acceptors (Lipinski definition) is 6. The number of carbonyl (C=O) groups excluding carboxylic acids is 2. The van der Waals surface area contributed by atoms with Gasteiger partial charge in [-0.1, -0.05) is 23.4 Å². The molecule has 0 unspecified atom stereocenters. The third kappa shape index (κ3) is 5.07. The number of benzene rings is 2. The van der Waals surface area contributed by atoms with E-state index in [4.69, 9.17) is 4.74 Å². The predicted molar refractivity (Wildman–Crippen MR) is 123 cm³/mol. The molecule has 2 heterocycles. The van der Waals surface area contributed by atoms with Gasteiger partial charge in [0, 0.05) is 24.2 Å². The Morgan fingerprint density at radius 3 is 2.67 bits per heavy atom. The molecule has 2 aromatic heterocycles. The van der Waals surface area contributed by atoms with Crippen molar-refractivity contribution < 1.29 is 18.7 Å². The molecule has 0 aliphatic rings. The van der Waals surface area contributed by atoms with Crippen molar-refractivity contribution in [3.05, 3.63) is 76.7 Å². The number of fused-ring (bicyclic) bond motifs is 1. The Morgan fingerprint density at radius 2 is 1.94 bits per heavy atom. The fourth-order valence-electron chi connectivity index (χ4n) is 3.47. The summed E-state index contributed by atoms with van der Waals surface area (Å²) in [5.74, 6) is -1.20. The lowest BCUT2D eigenvalue weighted by Gasteiger charge is -2.30. The van der Waals surface area contributed by atoms with Crippen LogP contribution in [0.4, 0.5) is 10.1 Å². The highest BCUT2D eigenvalue weighted by Crippen LogP contribution is 2.31. The van der Waals surface area contributed by atoms with Crippen LogP contribution in [0.1, 0.15) is 10.9 Å². The van der Waals surface area contributed by atoms with E-state index in [0.717, 1.165) is 0 Å². The first-order chi connectivity index (χ1) is 16.1. The minimum Gasteiger partial charge on any atom is -0.383 e. The molecule has 0 bridgehead atoms. The average molecular weight is 468 g/mol. The van der Waals surface area contributed by atoms with Gasteiger partial charge in [-0.05, 0) is 47.8 Å². The van der Waals surface area contributed by atoms with Gasteiger partial charge in [0.15, 0.2) is 0 Å². The van der Waals surface area contributed by atoms with Crippen LogP contribution in [0.2, 0.25) is 0 Å². The smallest absolute Gasteiger partial charge is 0.249 e. The van der Waals surface area contributed by atoms with Gasteiger partial charge < -0.3 is 10.1 Å². The van der Waals surface area contributed by atoms with Crippen LogP contribution in [-0.2, 0) is 20.9 Å². The molecule has 0 aliphatic carbocycles. The fraction of sp³-hybridized carbons (Fsp3) is 0.217. The summed E-state index contributed by atoms with van der Waals surface area (Å²) in [7, 11) is 1.54. The first-order valence-electron chi connectivity index (χ1n) is 10.2. The maximum atomic E-state index is 13.7. The average Bonchev–Trinajstić information content (AvgIpc) is 3.49. The zero-order valence-corrected chi connectivity index (χ0v) is 18.7. The zero-order valence-electron chi connectivity index (χ0n) is 17.8. The van der Waals surface area contributed by atoms with Crippen molar-refractivity contribution in [1.29, 1.82) is 0 Å². The first-order valence-corrected chi connectivity index (χ1v) is 11.1. The molecule has 1 N–H and O–H groups in total. The van der Waals surface area contributed by atoms with Crippen LogP contribution in [0.3, 0.4) is 0 Å².